The summed E-state index contributed by atoms with van der Waals surface area (Å²) in [6.07, 6.45) is 0.743. The molecule has 0 fully saturated rings. The number of rotatable bonds is 5. The van der Waals surface area contributed by atoms with E-state index in [1.165, 1.54) is 7.11 Å². The number of hydrogen-bond acceptors (Lipinski definition) is 3. The number of hydrogen-bond donors (Lipinski definition) is 2. The van der Waals surface area contributed by atoms with Gasteiger partial charge in [-0.3, -0.25) is 0 Å². The second-order valence-corrected chi connectivity index (χ2v) is 4.65. The smallest absolute Gasteiger partial charge is 0.339 e. The van der Waals surface area contributed by atoms with Gasteiger partial charge in [0, 0.05) is 6.54 Å². The Bertz CT molecular complexity index is 641. The molecule has 0 aliphatic heterocycles. The van der Waals surface area contributed by atoms with Crippen molar-refractivity contribution in [1.29, 1.82) is 0 Å². The minimum Gasteiger partial charge on any atom is -0.465 e. The number of urea groups is 1. The first-order valence-electron chi connectivity index (χ1n) is 6.97. The van der Waals surface area contributed by atoms with E-state index >= 15 is 0 Å². The van der Waals surface area contributed by atoms with Crippen LogP contribution >= 0.6 is 0 Å². The lowest BCUT2D eigenvalue weighted by molar-refractivity contribution is 0.0602. The molecule has 5 heteroatoms. The highest BCUT2D eigenvalue weighted by Crippen LogP contribution is 2.15. The topological polar surface area (TPSA) is 67.4 Å². The Morgan fingerprint density at radius 2 is 1.68 bits per heavy atom. The van der Waals surface area contributed by atoms with Gasteiger partial charge in [-0.2, -0.15) is 0 Å². The molecule has 0 heterocycles. The quantitative estimate of drug-likeness (QED) is 0.834. The van der Waals surface area contributed by atoms with Gasteiger partial charge in [-0.15, -0.1) is 0 Å². The Morgan fingerprint density at radius 3 is 2.41 bits per heavy atom. The molecular weight excluding hydrogens is 280 g/mol. The molecule has 5 nitrogen and oxygen atoms in total. The summed E-state index contributed by atoms with van der Waals surface area (Å²) in [6.45, 7) is 0.510. The first-order valence-corrected chi connectivity index (χ1v) is 6.97. The Morgan fingerprint density at radius 1 is 1.00 bits per heavy atom. The summed E-state index contributed by atoms with van der Waals surface area (Å²) in [7, 11) is 1.30. The maximum absolute atomic E-state index is 11.9. The van der Waals surface area contributed by atoms with E-state index in [4.69, 9.17) is 0 Å². The summed E-state index contributed by atoms with van der Waals surface area (Å²) < 4.78 is 4.69. The van der Waals surface area contributed by atoms with E-state index in [0.717, 1.165) is 12.0 Å². The molecule has 2 aromatic carbocycles. The molecule has 0 spiro atoms. The van der Waals surface area contributed by atoms with Crippen molar-refractivity contribution >= 4 is 17.7 Å². The van der Waals surface area contributed by atoms with Gasteiger partial charge in [0.2, 0.25) is 0 Å². The zero-order valence-electron chi connectivity index (χ0n) is 12.3. The minimum absolute atomic E-state index is 0.322. The maximum atomic E-state index is 11.9. The highest BCUT2D eigenvalue weighted by Gasteiger charge is 2.12. The van der Waals surface area contributed by atoms with Crippen molar-refractivity contribution in [3.8, 4) is 0 Å². The molecule has 0 radical (unpaired) electrons. The van der Waals surface area contributed by atoms with E-state index < -0.39 is 5.97 Å². The lowest BCUT2D eigenvalue weighted by atomic mass is 10.1. The van der Waals surface area contributed by atoms with Crippen molar-refractivity contribution in [3.05, 3.63) is 65.7 Å². The number of nitrogens with one attached hydrogen (secondary N) is 2. The number of para-hydroxylation sites is 1. The van der Waals surface area contributed by atoms with Crippen molar-refractivity contribution in [2.45, 2.75) is 6.42 Å². The van der Waals surface area contributed by atoms with Crippen molar-refractivity contribution < 1.29 is 14.3 Å². The second-order valence-electron chi connectivity index (χ2n) is 4.65. The van der Waals surface area contributed by atoms with Gasteiger partial charge >= 0.3 is 12.0 Å². The zero-order valence-corrected chi connectivity index (χ0v) is 12.3. The summed E-state index contributed by atoms with van der Waals surface area (Å²) in [5, 5.41) is 5.42. The number of ether oxygens (including phenoxy) is 1. The lowest BCUT2D eigenvalue weighted by Crippen LogP contribution is -2.31. The van der Waals surface area contributed by atoms with Crippen LogP contribution in [0.4, 0.5) is 10.5 Å². The number of amides is 2. The van der Waals surface area contributed by atoms with Gasteiger partial charge in [0.05, 0.1) is 18.4 Å². The number of carbonyl (C=O) groups excluding carboxylic acids is 2. The second kappa shape index (κ2) is 7.83. The summed E-state index contributed by atoms with van der Waals surface area (Å²) in [4.78, 5) is 23.5. The van der Waals surface area contributed by atoms with Crippen molar-refractivity contribution in [2.75, 3.05) is 19.0 Å². The van der Waals surface area contributed by atoms with E-state index in [9.17, 15) is 9.59 Å². The van der Waals surface area contributed by atoms with Gasteiger partial charge < -0.3 is 15.4 Å². The predicted molar refractivity (Wildman–Crippen MR) is 84.9 cm³/mol. The van der Waals surface area contributed by atoms with Crippen LogP contribution < -0.4 is 10.6 Å². The molecule has 2 N–H and O–H groups in total. The van der Waals surface area contributed by atoms with Crippen LogP contribution in [0.2, 0.25) is 0 Å². The highest BCUT2D eigenvalue weighted by molar-refractivity contribution is 6.00. The normalized spacial score (nSPS) is 9.86. The molecule has 22 heavy (non-hydrogen) atoms. The third-order valence-corrected chi connectivity index (χ3v) is 3.12. The molecular formula is C17H18N2O3. The van der Waals surface area contributed by atoms with E-state index in [1.807, 2.05) is 30.3 Å². The van der Waals surface area contributed by atoms with E-state index in [2.05, 4.69) is 15.4 Å². The molecule has 0 aromatic heterocycles. The number of anilines is 1. The minimum atomic E-state index is -0.486. The standard InChI is InChI=1S/C17H18N2O3/c1-22-16(20)14-9-5-6-10-15(14)19-17(21)18-12-11-13-7-3-2-4-8-13/h2-10H,11-12H2,1H3,(H2,18,19,21). The molecule has 114 valence electrons. The highest BCUT2D eigenvalue weighted by atomic mass is 16.5. The van der Waals surface area contributed by atoms with Crippen LogP contribution in [0.5, 0.6) is 0 Å². The molecule has 2 aromatic rings. The monoisotopic (exact) mass is 298 g/mol. The summed E-state index contributed by atoms with van der Waals surface area (Å²) in [5.74, 6) is -0.486. The Balaban J connectivity index is 1.88. The molecule has 0 aliphatic carbocycles. The van der Waals surface area contributed by atoms with Crippen LogP contribution in [0, 0.1) is 0 Å². The maximum Gasteiger partial charge on any atom is 0.339 e. The Kier molecular flexibility index (Phi) is 5.54. The fraction of sp³-hybridized carbons (Fsp3) is 0.176. The van der Waals surface area contributed by atoms with Gasteiger partial charge in [-0.05, 0) is 24.1 Å². The van der Waals surface area contributed by atoms with Crippen LogP contribution in [-0.4, -0.2) is 25.7 Å². The van der Waals surface area contributed by atoms with Gasteiger partial charge in [0.15, 0.2) is 0 Å². The van der Waals surface area contributed by atoms with E-state index in [-0.39, 0.29) is 6.03 Å². The van der Waals surface area contributed by atoms with Crippen molar-refractivity contribution in [3.63, 3.8) is 0 Å². The first kappa shape index (κ1) is 15.6. The largest absolute Gasteiger partial charge is 0.465 e. The van der Waals surface area contributed by atoms with Crippen LogP contribution in [0.15, 0.2) is 54.6 Å². The Hall–Kier alpha value is -2.82. The van der Waals surface area contributed by atoms with Crippen LogP contribution in [0.25, 0.3) is 0 Å². The number of carbonyl (C=O) groups is 2. The molecule has 0 saturated carbocycles. The van der Waals surface area contributed by atoms with Gasteiger partial charge in [0.25, 0.3) is 0 Å². The lowest BCUT2D eigenvalue weighted by Gasteiger charge is -2.10. The molecule has 2 amide bonds. The number of esters is 1. The third-order valence-electron chi connectivity index (χ3n) is 3.12. The fourth-order valence-electron chi connectivity index (χ4n) is 2.01. The van der Waals surface area contributed by atoms with Gasteiger partial charge in [0.1, 0.15) is 0 Å². The van der Waals surface area contributed by atoms with Gasteiger partial charge in [-0.1, -0.05) is 42.5 Å². The summed E-state index contributed by atoms with van der Waals surface area (Å²) in [5.41, 5.74) is 1.90. The molecule has 0 unspecified atom stereocenters. The summed E-state index contributed by atoms with van der Waals surface area (Å²) >= 11 is 0. The van der Waals surface area contributed by atoms with Crippen molar-refractivity contribution in [2.24, 2.45) is 0 Å². The molecule has 0 saturated heterocycles. The first-order chi connectivity index (χ1) is 10.7. The van der Waals surface area contributed by atoms with Gasteiger partial charge in [-0.25, -0.2) is 9.59 Å². The van der Waals surface area contributed by atoms with Crippen molar-refractivity contribution in [1.82, 2.24) is 5.32 Å². The summed E-state index contributed by atoms with van der Waals surface area (Å²) in [6, 6.07) is 16.2. The predicted octanol–water partition coefficient (Wildman–Crippen LogP) is 2.84. The van der Waals surface area contributed by atoms with Crippen LogP contribution in [0.3, 0.4) is 0 Å². The molecule has 0 aliphatic rings. The third kappa shape index (κ3) is 4.34. The van der Waals surface area contributed by atoms with Crippen LogP contribution in [0.1, 0.15) is 15.9 Å². The fourth-order valence-corrected chi connectivity index (χ4v) is 2.01. The average Bonchev–Trinajstić information content (AvgIpc) is 2.55. The molecule has 0 bridgehead atoms. The number of methoxy groups -OCH3 is 1. The van der Waals surface area contributed by atoms with E-state index in [0.29, 0.717) is 17.8 Å². The zero-order chi connectivity index (χ0) is 15.8. The van der Waals surface area contributed by atoms with E-state index in [1.54, 1.807) is 24.3 Å². The SMILES string of the molecule is COC(=O)c1ccccc1NC(=O)NCCc1ccccc1. The average molecular weight is 298 g/mol. The Labute approximate surface area is 129 Å². The molecule has 0 atom stereocenters. The number of benzene rings is 2. The molecule has 2 rings (SSSR count). The van der Waals surface area contributed by atoms with Crippen LogP contribution in [-0.2, 0) is 11.2 Å².